The Kier molecular flexibility index (Phi) is 5.32. The molecule has 110 valence electrons. The van der Waals surface area contributed by atoms with Crippen molar-refractivity contribution in [3.63, 3.8) is 0 Å². The molecule has 3 N–H and O–H groups in total. The van der Waals surface area contributed by atoms with Crippen LogP contribution in [-0.2, 0) is 0 Å². The van der Waals surface area contributed by atoms with Crippen molar-refractivity contribution in [1.29, 1.82) is 0 Å². The van der Waals surface area contributed by atoms with Gasteiger partial charge in [-0.3, -0.25) is 0 Å². The maximum absolute atomic E-state index is 8.90. The number of thiocarbonyl (C=S) groups is 1. The number of nitrogens with zero attached hydrogens (tertiary/aromatic N) is 2. The van der Waals surface area contributed by atoms with Gasteiger partial charge in [0.25, 0.3) is 0 Å². The molecular weight excluding hydrogens is 310 g/mol. The SMILES string of the molecule is NC(=S)N(CCO)/N=C/c1ccc(-c2ccccc2Cl)o1. The summed E-state index contributed by atoms with van der Waals surface area (Å²) in [4.78, 5) is 0. The summed E-state index contributed by atoms with van der Waals surface area (Å²) in [6.07, 6.45) is 1.48. The van der Waals surface area contributed by atoms with Crippen LogP contribution in [0.1, 0.15) is 5.76 Å². The number of nitrogens with two attached hydrogens (primary N) is 1. The van der Waals surface area contributed by atoms with Gasteiger partial charge in [-0.2, -0.15) is 5.10 Å². The summed E-state index contributed by atoms with van der Waals surface area (Å²) in [5.74, 6) is 1.18. The molecule has 5 nitrogen and oxygen atoms in total. The van der Waals surface area contributed by atoms with E-state index < -0.39 is 0 Å². The molecule has 0 bridgehead atoms. The third-order valence-corrected chi connectivity index (χ3v) is 3.20. The van der Waals surface area contributed by atoms with Crippen molar-refractivity contribution in [2.75, 3.05) is 13.2 Å². The molecule has 0 spiro atoms. The topological polar surface area (TPSA) is 75.0 Å². The highest BCUT2D eigenvalue weighted by atomic mass is 35.5. The number of rotatable bonds is 5. The van der Waals surface area contributed by atoms with Crippen LogP contribution < -0.4 is 5.73 Å². The van der Waals surface area contributed by atoms with Gasteiger partial charge in [-0.05, 0) is 36.5 Å². The minimum atomic E-state index is -0.0995. The molecule has 0 amide bonds. The lowest BCUT2D eigenvalue weighted by molar-refractivity contribution is 0.254. The monoisotopic (exact) mass is 323 g/mol. The number of hydrogen-bond donors (Lipinski definition) is 2. The molecular formula is C14H14ClN3O2S. The molecule has 2 rings (SSSR count). The lowest BCUT2D eigenvalue weighted by atomic mass is 10.2. The maximum atomic E-state index is 8.90. The van der Waals surface area contributed by atoms with Gasteiger partial charge < -0.3 is 15.3 Å². The van der Waals surface area contributed by atoms with E-state index in [9.17, 15) is 0 Å². The summed E-state index contributed by atoms with van der Waals surface area (Å²) >= 11 is 10.9. The number of hydrogen-bond acceptors (Lipinski definition) is 4. The molecule has 1 aromatic carbocycles. The molecule has 0 saturated heterocycles. The second-order valence-electron chi connectivity index (χ2n) is 4.11. The van der Waals surface area contributed by atoms with E-state index in [1.165, 1.54) is 11.2 Å². The molecule has 0 aliphatic heterocycles. The molecule has 2 aromatic rings. The summed E-state index contributed by atoms with van der Waals surface area (Å²) < 4.78 is 5.65. The zero-order valence-electron chi connectivity index (χ0n) is 11.1. The summed E-state index contributed by atoms with van der Waals surface area (Å²) in [7, 11) is 0. The van der Waals surface area contributed by atoms with E-state index in [1.807, 2.05) is 18.2 Å². The lowest BCUT2D eigenvalue weighted by Gasteiger charge is -2.14. The van der Waals surface area contributed by atoms with Gasteiger partial charge in [-0.25, -0.2) is 5.01 Å². The summed E-state index contributed by atoms with van der Waals surface area (Å²) in [5.41, 5.74) is 6.29. The van der Waals surface area contributed by atoms with Crippen LogP contribution in [0.3, 0.4) is 0 Å². The minimum absolute atomic E-state index is 0.0817. The molecule has 1 heterocycles. The Hall–Kier alpha value is -1.89. The van der Waals surface area contributed by atoms with E-state index in [-0.39, 0.29) is 18.3 Å². The predicted molar refractivity (Wildman–Crippen MR) is 87.3 cm³/mol. The number of hydrazone groups is 1. The fourth-order valence-corrected chi connectivity index (χ4v) is 2.04. The fraction of sp³-hybridized carbons (Fsp3) is 0.143. The summed E-state index contributed by atoms with van der Waals surface area (Å²) in [6.45, 7) is 0.127. The number of furan rings is 1. The second kappa shape index (κ2) is 7.21. The average molecular weight is 324 g/mol. The molecule has 0 aliphatic rings. The van der Waals surface area contributed by atoms with Gasteiger partial charge in [0.2, 0.25) is 0 Å². The maximum Gasteiger partial charge on any atom is 0.187 e. The Bertz CT molecular complexity index is 657. The highest BCUT2D eigenvalue weighted by Crippen LogP contribution is 2.28. The molecule has 7 heteroatoms. The van der Waals surface area contributed by atoms with Crippen LogP contribution in [0.15, 0.2) is 45.9 Å². The average Bonchev–Trinajstić information content (AvgIpc) is 2.92. The first-order valence-corrected chi connectivity index (χ1v) is 6.97. The van der Waals surface area contributed by atoms with Crippen LogP contribution in [0.5, 0.6) is 0 Å². The van der Waals surface area contributed by atoms with Gasteiger partial charge in [0.05, 0.1) is 24.4 Å². The van der Waals surface area contributed by atoms with Crippen molar-refractivity contribution in [2.24, 2.45) is 10.8 Å². The van der Waals surface area contributed by atoms with Crippen molar-refractivity contribution in [1.82, 2.24) is 5.01 Å². The van der Waals surface area contributed by atoms with Gasteiger partial charge in [0.15, 0.2) is 5.11 Å². The van der Waals surface area contributed by atoms with Crippen LogP contribution in [-0.4, -0.2) is 34.6 Å². The van der Waals surface area contributed by atoms with Gasteiger partial charge in [0.1, 0.15) is 11.5 Å². The Balaban J connectivity index is 2.17. The van der Waals surface area contributed by atoms with Crippen LogP contribution >= 0.6 is 23.8 Å². The first kappa shape index (κ1) is 15.5. The van der Waals surface area contributed by atoms with Crippen molar-refractivity contribution in [3.05, 3.63) is 47.2 Å². The normalized spacial score (nSPS) is 11.0. The summed E-state index contributed by atoms with van der Waals surface area (Å²) in [5, 5.41) is 15.0. The van der Waals surface area contributed by atoms with E-state index in [1.54, 1.807) is 18.2 Å². The Morgan fingerprint density at radius 2 is 2.14 bits per heavy atom. The highest BCUT2D eigenvalue weighted by molar-refractivity contribution is 7.80. The van der Waals surface area contributed by atoms with Crippen LogP contribution in [0, 0.1) is 0 Å². The Labute approximate surface area is 132 Å². The van der Waals surface area contributed by atoms with Gasteiger partial charge in [-0.15, -0.1) is 0 Å². The third-order valence-electron chi connectivity index (χ3n) is 2.66. The Morgan fingerprint density at radius 1 is 1.38 bits per heavy atom. The number of halogens is 1. The van der Waals surface area contributed by atoms with E-state index in [0.29, 0.717) is 16.5 Å². The number of aliphatic hydroxyl groups excluding tert-OH is 1. The number of benzene rings is 1. The van der Waals surface area contributed by atoms with Gasteiger partial charge >= 0.3 is 0 Å². The highest BCUT2D eigenvalue weighted by Gasteiger charge is 2.08. The molecule has 0 aliphatic carbocycles. The van der Waals surface area contributed by atoms with Crippen LogP contribution in [0.2, 0.25) is 5.02 Å². The van der Waals surface area contributed by atoms with Gasteiger partial charge in [0, 0.05) is 5.56 Å². The zero-order chi connectivity index (χ0) is 15.2. The molecule has 0 radical (unpaired) electrons. The van der Waals surface area contributed by atoms with Crippen LogP contribution in [0.25, 0.3) is 11.3 Å². The van der Waals surface area contributed by atoms with Crippen molar-refractivity contribution in [3.8, 4) is 11.3 Å². The molecule has 0 fully saturated rings. The predicted octanol–water partition coefficient (Wildman–Crippen LogP) is 2.47. The molecule has 1 aromatic heterocycles. The first-order chi connectivity index (χ1) is 10.1. The third kappa shape index (κ3) is 4.04. The molecule has 0 unspecified atom stereocenters. The largest absolute Gasteiger partial charge is 0.455 e. The van der Waals surface area contributed by atoms with Crippen molar-refractivity contribution < 1.29 is 9.52 Å². The van der Waals surface area contributed by atoms with E-state index in [4.69, 9.17) is 39.1 Å². The fourth-order valence-electron chi connectivity index (χ4n) is 1.67. The van der Waals surface area contributed by atoms with Crippen molar-refractivity contribution >= 4 is 35.1 Å². The number of aliphatic hydroxyl groups is 1. The van der Waals surface area contributed by atoms with Crippen molar-refractivity contribution in [2.45, 2.75) is 0 Å². The second-order valence-corrected chi connectivity index (χ2v) is 4.94. The first-order valence-electron chi connectivity index (χ1n) is 6.18. The molecule has 0 saturated carbocycles. The van der Waals surface area contributed by atoms with E-state index >= 15 is 0 Å². The Morgan fingerprint density at radius 3 is 2.81 bits per heavy atom. The molecule has 0 atom stereocenters. The quantitative estimate of drug-likeness (QED) is 0.502. The van der Waals surface area contributed by atoms with Crippen LogP contribution in [0.4, 0.5) is 0 Å². The summed E-state index contributed by atoms with van der Waals surface area (Å²) in [6, 6.07) is 11.0. The minimum Gasteiger partial charge on any atom is -0.455 e. The molecule has 21 heavy (non-hydrogen) atoms. The van der Waals surface area contributed by atoms with Gasteiger partial charge in [-0.1, -0.05) is 23.7 Å². The zero-order valence-corrected chi connectivity index (χ0v) is 12.6. The standard InChI is InChI=1S/C14H14ClN3O2S/c15-12-4-2-1-3-11(12)13-6-5-10(20-13)9-17-18(7-8-19)14(16)21/h1-6,9,19H,7-8H2,(H2,16,21)/b17-9+. The van der Waals surface area contributed by atoms with E-state index in [2.05, 4.69) is 5.10 Å². The lowest BCUT2D eigenvalue weighted by Crippen LogP contribution is -2.33. The van der Waals surface area contributed by atoms with E-state index in [0.717, 1.165) is 5.56 Å². The smallest absolute Gasteiger partial charge is 0.187 e.